The minimum atomic E-state index is -0.692. The van der Waals surface area contributed by atoms with Crippen molar-refractivity contribution in [2.75, 3.05) is 25.4 Å². The first-order valence-corrected chi connectivity index (χ1v) is 11.7. The number of para-hydroxylation sites is 1. The number of nitrogens with zero attached hydrogens (tertiary/aromatic N) is 1. The van der Waals surface area contributed by atoms with Gasteiger partial charge in [0.15, 0.2) is 5.96 Å². The monoisotopic (exact) mass is 393 g/mol. The maximum atomic E-state index is 12.1. The van der Waals surface area contributed by atoms with Crippen molar-refractivity contribution in [3.05, 3.63) is 30.3 Å². The third kappa shape index (κ3) is 8.33. The minimum Gasteiger partial charge on any atom is -0.494 e. The van der Waals surface area contributed by atoms with Crippen LogP contribution in [0.4, 0.5) is 0 Å². The van der Waals surface area contributed by atoms with E-state index in [0.717, 1.165) is 75.7 Å². The van der Waals surface area contributed by atoms with Gasteiger partial charge in [-0.15, -0.1) is 0 Å². The zero-order valence-corrected chi connectivity index (χ0v) is 17.6. The van der Waals surface area contributed by atoms with E-state index in [0.29, 0.717) is 11.3 Å². The van der Waals surface area contributed by atoms with Crippen LogP contribution < -0.4 is 15.4 Å². The Kier molecular flexibility index (Phi) is 10.3. The van der Waals surface area contributed by atoms with Gasteiger partial charge in [-0.25, -0.2) is 0 Å². The van der Waals surface area contributed by atoms with Gasteiger partial charge in [0.25, 0.3) is 0 Å². The smallest absolute Gasteiger partial charge is 0.191 e. The number of hydrogen-bond donors (Lipinski definition) is 2. The molecule has 1 aromatic rings. The Balaban J connectivity index is 1.70. The maximum absolute atomic E-state index is 12.1. The van der Waals surface area contributed by atoms with Crippen molar-refractivity contribution >= 4 is 16.8 Å². The number of benzene rings is 1. The van der Waals surface area contributed by atoms with Gasteiger partial charge >= 0.3 is 0 Å². The minimum absolute atomic E-state index is 0.333. The molecule has 152 valence electrons. The molecule has 27 heavy (non-hydrogen) atoms. The molecule has 3 unspecified atom stereocenters. The lowest BCUT2D eigenvalue weighted by Crippen LogP contribution is -2.46. The molecule has 0 saturated heterocycles. The van der Waals surface area contributed by atoms with Gasteiger partial charge < -0.3 is 15.4 Å². The fourth-order valence-electron chi connectivity index (χ4n) is 3.38. The second kappa shape index (κ2) is 12.8. The van der Waals surface area contributed by atoms with E-state index in [1.807, 2.05) is 37.3 Å². The highest BCUT2D eigenvalue weighted by Gasteiger charge is 2.25. The number of nitrogens with one attached hydrogen (secondary N) is 2. The molecule has 1 aromatic carbocycles. The number of rotatable bonds is 10. The van der Waals surface area contributed by atoms with E-state index < -0.39 is 10.8 Å². The van der Waals surface area contributed by atoms with Gasteiger partial charge in [-0.1, -0.05) is 31.5 Å². The molecule has 0 spiro atoms. The fourth-order valence-corrected chi connectivity index (χ4v) is 4.72. The summed E-state index contributed by atoms with van der Waals surface area (Å²) in [6.45, 7) is 6.45. The molecular weight excluding hydrogens is 358 g/mol. The van der Waals surface area contributed by atoms with Gasteiger partial charge in [-0.05, 0) is 51.2 Å². The van der Waals surface area contributed by atoms with Crippen molar-refractivity contribution in [3.63, 3.8) is 0 Å². The molecule has 6 heteroatoms. The van der Waals surface area contributed by atoms with Gasteiger partial charge in [-0.3, -0.25) is 9.20 Å². The molecule has 2 rings (SSSR count). The van der Waals surface area contributed by atoms with Crippen molar-refractivity contribution < 1.29 is 8.95 Å². The van der Waals surface area contributed by atoms with Crippen LogP contribution in [0, 0.1) is 0 Å². The Bertz CT molecular complexity index is 580. The van der Waals surface area contributed by atoms with Crippen LogP contribution in [-0.2, 0) is 10.8 Å². The van der Waals surface area contributed by atoms with Gasteiger partial charge in [0, 0.05) is 40.9 Å². The average Bonchev–Trinajstić information content (AvgIpc) is 2.71. The third-order valence-electron chi connectivity index (χ3n) is 4.80. The number of hydrogen-bond acceptors (Lipinski definition) is 3. The first kappa shape index (κ1) is 21.7. The summed E-state index contributed by atoms with van der Waals surface area (Å²) in [6, 6.07) is 10.3. The highest BCUT2D eigenvalue weighted by atomic mass is 32.2. The van der Waals surface area contributed by atoms with Crippen LogP contribution in [0.25, 0.3) is 0 Å². The lowest BCUT2D eigenvalue weighted by molar-refractivity contribution is 0.308. The summed E-state index contributed by atoms with van der Waals surface area (Å²) in [5.41, 5.74) is 0. The quantitative estimate of drug-likeness (QED) is 0.363. The Labute approximate surface area is 166 Å². The molecule has 2 N–H and O–H groups in total. The molecule has 1 saturated carbocycles. The van der Waals surface area contributed by atoms with Crippen LogP contribution in [0.5, 0.6) is 5.75 Å². The van der Waals surface area contributed by atoms with E-state index in [4.69, 9.17) is 9.73 Å². The Morgan fingerprint density at radius 2 is 2.04 bits per heavy atom. The van der Waals surface area contributed by atoms with E-state index in [1.165, 1.54) is 0 Å². The highest BCUT2D eigenvalue weighted by Crippen LogP contribution is 2.23. The van der Waals surface area contributed by atoms with Crippen LogP contribution in [0.2, 0.25) is 0 Å². The van der Waals surface area contributed by atoms with E-state index in [2.05, 4.69) is 17.6 Å². The molecular formula is C21H35N3O2S. The SMILES string of the molecule is CCNC(=NCCCCOc1ccccc1)NC1CCCC(S(=O)CC)C1. The van der Waals surface area contributed by atoms with Crippen LogP contribution >= 0.6 is 0 Å². The second-order valence-corrected chi connectivity index (χ2v) is 8.93. The van der Waals surface area contributed by atoms with Crippen molar-refractivity contribution in [1.29, 1.82) is 0 Å². The molecule has 1 aliphatic rings. The van der Waals surface area contributed by atoms with Gasteiger partial charge in [0.2, 0.25) is 0 Å². The molecule has 0 heterocycles. The highest BCUT2D eigenvalue weighted by molar-refractivity contribution is 7.85. The predicted octanol–water partition coefficient (Wildman–Crippen LogP) is 3.48. The number of aliphatic imine (C=N–C) groups is 1. The second-order valence-electron chi connectivity index (χ2n) is 6.93. The third-order valence-corrected chi connectivity index (χ3v) is 6.54. The first-order chi connectivity index (χ1) is 13.2. The van der Waals surface area contributed by atoms with Gasteiger partial charge in [-0.2, -0.15) is 0 Å². The number of unbranched alkanes of at least 4 members (excludes halogenated alkanes) is 1. The topological polar surface area (TPSA) is 62.7 Å². The standard InChI is InChI=1S/C21H35N3O2S/c1-3-22-21(24-18-11-10-14-20(17-18)27(25)4-2)23-15-8-9-16-26-19-12-6-5-7-13-19/h5-7,12-13,18,20H,3-4,8-11,14-17H2,1-2H3,(H2,22,23,24). The van der Waals surface area contributed by atoms with E-state index >= 15 is 0 Å². The van der Waals surface area contributed by atoms with Crippen molar-refractivity contribution in [1.82, 2.24) is 10.6 Å². The number of ether oxygens (including phenoxy) is 1. The zero-order chi connectivity index (χ0) is 19.3. The fraction of sp³-hybridized carbons (Fsp3) is 0.667. The van der Waals surface area contributed by atoms with E-state index in [9.17, 15) is 4.21 Å². The molecule has 0 bridgehead atoms. The summed E-state index contributed by atoms with van der Waals surface area (Å²) in [6.07, 6.45) is 6.33. The van der Waals surface area contributed by atoms with E-state index in [-0.39, 0.29) is 0 Å². The molecule has 0 radical (unpaired) electrons. The summed E-state index contributed by atoms with van der Waals surface area (Å²) in [5.74, 6) is 2.57. The predicted molar refractivity (Wildman–Crippen MR) is 115 cm³/mol. The average molecular weight is 394 g/mol. The lowest BCUT2D eigenvalue weighted by Gasteiger charge is -2.30. The Hall–Kier alpha value is -1.56. The van der Waals surface area contributed by atoms with Crippen LogP contribution in [0.3, 0.4) is 0 Å². The molecule has 1 aliphatic carbocycles. The van der Waals surface area contributed by atoms with Crippen LogP contribution in [0.1, 0.15) is 52.4 Å². The van der Waals surface area contributed by atoms with Gasteiger partial charge in [0.05, 0.1) is 6.61 Å². The summed E-state index contributed by atoms with van der Waals surface area (Å²) < 4.78 is 17.8. The molecule has 1 fully saturated rings. The zero-order valence-electron chi connectivity index (χ0n) is 16.8. The van der Waals surface area contributed by atoms with Gasteiger partial charge in [0.1, 0.15) is 5.75 Å². The molecule has 0 aliphatic heterocycles. The van der Waals surface area contributed by atoms with Crippen LogP contribution in [0.15, 0.2) is 35.3 Å². The van der Waals surface area contributed by atoms with Crippen molar-refractivity contribution in [2.24, 2.45) is 4.99 Å². The Morgan fingerprint density at radius 3 is 2.78 bits per heavy atom. The summed E-state index contributed by atoms with van der Waals surface area (Å²) >= 11 is 0. The normalized spacial score (nSPS) is 21.5. The van der Waals surface area contributed by atoms with Crippen molar-refractivity contribution in [2.45, 2.75) is 63.7 Å². The summed E-state index contributed by atoms with van der Waals surface area (Å²) in [5, 5.41) is 7.22. The first-order valence-electron chi connectivity index (χ1n) is 10.3. The molecule has 0 amide bonds. The van der Waals surface area contributed by atoms with Crippen LogP contribution in [-0.4, -0.2) is 46.9 Å². The lowest BCUT2D eigenvalue weighted by atomic mass is 9.95. The molecule has 0 aromatic heterocycles. The largest absolute Gasteiger partial charge is 0.494 e. The van der Waals surface area contributed by atoms with E-state index in [1.54, 1.807) is 0 Å². The Morgan fingerprint density at radius 1 is 1.22 bits per heavy atom. The maximum Gasteiger partial charge on any atom is 0.191 e. The summed E-state index contributed by atoms with van der Waals surface area (Å²) in [4.78, 5) is 4.71. The van der Waals surface area contributed by atoms with Crippen molar-refractivity contribution in [3.8, 4) is 5.75 Å². The molecule has 3 atom stereocenters. The summed E-state index contributed by atoms with van der Waals surface area (Å²) in [7, 11) is -0.692. The number of guanidine groups is 1. The molecule has 5 nitrogen and oxygen atoms in total.